The molecule has 0 aliphatic heterocycles. The monoisotopic (exact) mass is 279 g/mol. The minimum absolute atomic E-state index is 0.402. The predicted molar refractivity (Wildman–Crippen MR) is 71.4 cm³/mol. The van der Waals surface area contributed by atoms with Crippen LogP contribution in [0.4, 0.5) is 0 Å². The zero-order chi connectivity index (χ0) is 12.7. The Hall–Kier alpha value is -1.85. The quantitative estimate of drug-likeness (QED) is 0.745. The predicted octanol–water partition coefficient (Wildman–Crippen LogP) is 2.86. The summed E-state index contributed by atoms with van der Waals surface area (Å²) in [6, 6.07) is 7.17. The number of halogens is 1. The fourth-order valence-electron chi connectivity index (χ4n) is 1.73. The molecule has 0 spiro atoms. The Kier molecular flexibility index (Phi) is 2.57. The van der Waals surface area contributed by atoms with E-state index >= 15 is 0 Å². The number of rotatable bonds is 1. The van der Waals surface area contributed by atoms with Gasteiger partial charge in [0.2, 0.25) is 0 Å². The third-order valence-corrected chi connectivity index (χ3v) is 3.76. The molecule has 1 aromatic carbocycles. The van der Waals surface area contributed by atoms with Gasteiger partial charge in [0.05, 0.1) is 5.52 Å². The van der Waals surface area contributed by atoms with E-state index in [9.17, 15) is 9.59 Å². The van der Waals surface area contributed by atoms with Gasteiger partial charge in [-0.25, -0.2) is 9.59 Å². The van der Waals surface area contributed by atoms with Crippen molar-refractivity contribution in [2.45, 2.75) is 0 Å². The van der Waals surface area contributed by atoms with Gasteiger partial charge in [0.15, 0.2) is 0 Å². The van der Waals surface area contributed by atoms with Crippen molar-refractivity contribution >= 4 is 33.2 Å². The molecule has 4 nitrogen and oxygen atoms in total. The second-order valence-corrected chi connectivity index (χ2v) is 4.98. The summed E-state index contributed by atoms with van der Waals surface area (Å²) in [7, 11) is 0. The fraction of sp³-hybridized carbons (Fsp3) is 0. The van der Waals surface area contributed by atoms with Crippen molar-refractivity contribution in [1.29, 1.82) is 0 Å². The van der Waals surface area contributed by atoms with Crippen LogP contribution in [-0.2, 0) is 0 Å². The van der Waals surface area contributed by atoms with E-state index in [0.29, 0.717) is 15.2 Å². The van der Waals surface area contributed by atoms with Gasteiger partial charge < -0.3 is 4.42 Å². The minimum Gasteiger partial charge on any atom is -0.372 e. The van der Waals surface area contributed by atoms with Gasteiger partial charge in [0, 0.05) is 16.0 Å². The maximum atomic E-state index is 11.5. The largest absolute Gasteiger partial charge is 0.419 e. The van der Waals surface area contributed by atoms with Gasteiger partial charge in [-0.1, -0.05) is 23.7 Å². The average Bonchev–Trinajstić information content (AvgIpc) is 2.74. The molecule has 6 heteroatoms. The van der Waals surface area contributed by atoms with Gasteiger partial charge >= 0.3 is 11.4 Å². The Bertz CT molecular complexity index is 829. The Labute approximate surface area is 109 Å². The average molecular weight is 280 g/mol. The molecule has 0 atom stereocenters. The van der Waals surface area contributed by atoms with Crippen molar-refractivity contribution in [2.75, 3.05) is 0 Å². The fourth-order valence-corrected chi connectivity index (χ4v) is 2.76. The van der Waals surface area contributed by atoms with Crippen LogP contribution in [0.2, 0.25) is 5.02 Å². The number of aromatic amines is 1. The van der Waals surface area contributed by atoms with Gasteiger partial charge in [-0.05, 0) is 17.7 Å². The first kappa shape index (κ1) is 11.3. The van der Waals surface area contributed by atoms with Gasteiger partial charge in [-0.15, -0.1) is 11.3 Å². The molecule has 0 bridgehead atoms. The van der Waals surface area contributed by atoms with Crippen LogP contribution >= 0.6 is 22.9 Å². The van der Waals surface area contributed by atoms with E-state index in [4.69, 9.17) is 11.6 Å². The number of hydrogen-bond donors (Lipinski definition) is 1. The van der Waals surface area contributed by atoms with E-state index in [1.807, 2.05) is 12.1 Å². The first-order chi connectivity index (χ1) is 8.65. The smallest absolute Gasteiger partial charge is 0.372 e. The zero-order valence-corrected chi connectivity index (χ0v) is 10.5. The van der Waals surface area contributed by atoms with Crippen molar-refractivity contribution in [1.82, 2.24) is 4.98 Å². The van der Waals surface area contributed by atoms with Crippen LogP contribution < -0.4 is 11.4 Å². The van der Waals surface area contributed by atoms with Crippen LogP contribution in [0.5, 0.6) is 0 Å². The topological polar surface area (TPSA) is 63.1 Å². The minimum atomic E-state index is -0.749. The Morgan fingerprint density at radius 3 is 2.61 bits per heavy atom. The molecule has 0 amide bonds. The molecule has 0 aliphatic rings. The number of aromatic nitrogens is 1. The second kappa shape index (κ2) is 4.12. The number of benzene rings is 1. The van der Waals surface area contributed by atoms with E-state index in [1.165, 1.54) is 11.3 Å². The molecular formula is C12H6ClNO3S. The molecule has 0 fully saturated rings. The summed E-state index contributed by atoms with van der Waals surface area (Å²) < 4.78 is 4.88. The first-order valence-corrected chi connectivity index (χ1v) is 6.31. The van der Waals surface area contributed by atoms with Gasteiger partial charge in [-0.2, -0.15) is 0 Å². The lowest BCUT2D eigenvalue weighted by atomic mass is 10.1. The highest BCUT2D eigenvalue weighted by Crippen LogP contribution is 2.30. The maximum absolute atomic E-state index is 11.5. The number of thiophene rings is 1. The molecule has 0 saturated carbocycles. The number of hydrogen-bond acceptors (Lipinski definition) is 4. The van der Waals surface area contributed by atoms with E-state index in [2.05, 4.69) is 9.40 Å². The van der Waals surface area contributed by atoms with Gasteiger partial charge in [-0.3, -0.25) is 4.98 Å². The summed E-state index contributed by atoms with van der Waals surface area (Å²) in [4.78, 5) is 25.2. The summed E-state index contributed by atoms with van der Waals surface area (Å²) in [5.41, 5.74) is 1.56. The maximum Gasteiger partial charge on any atom is 0.419 e. The lowest BCUT2D eigenvalue weighted by Gasteiger charge is -1.99. The normalized spacial score (nSPS) is 10.9. The Balaban J connectivity index is 2.33. The third kappa shape index (κ3) is 1.77. The van der Waals surface area contributed by atoms with Crippen LogP contribution in [0.3, 0.4) is 0 Å². The van der Waals surface area contributed by atoms with E-state index in [-0.39, 0.29) is 0 Å². The molecule has 0 saturated heterocycles. The number of fused-ring (bicyclic) bond motifs is 1. The second-order valence-electron chi connectivity index (χ2n) is 3.66. The highest BCUT2D eigenvalue weighted by Gasteiger charge is 2.11. The molecule has 3 aromatic rings. The van der Waals surface area contributed by atoms with Crippen molar-refractivity contribution in [3.63, 3.8) is 0 Å². The summed E-state index contributed by atoms with van der Waals surface area (Å²) in [5.74, 6) is -0.749. The Morgan fingerprint density at radius 2 is 1.89 bits per heavy atom. The molecule has 3 rings (SSSR count). The third-order valence-electron chi connectivity index (χ3n) is 2.54. The Morgan fingerprint density at radius 1 is 1.17 bits per heavy atom. The number of nitrogens with one attached hydrogen (secondary N) is 1. The van der Waals surface area contributed by atoms with Crippen molar-refractivity contribution in [2.24, 2.45) is 0 Å². The standard InChI is InChI=1S/C12H6ClNO3S/c13-7-3-1-6(2-4-7)8-5-18-10-9(8)14-12(16)17-11(10)15/h1-5H,(H,14,16). The van der Waals surface area contributed by atoms with Crippen molar-refractivity contribution in [3.05, 3.63) is 55.6 Å². The summed E-state index contributed by atoms with van der Waals surface area (Å²) >= 11 is 7.06. The van der Waals surface area contributed by atoms with Crippen molar-refractivity contribution < 1.29 is 4.42 Å². The molecule has 1 N–H and O–H groups in total. The van der Waals surface area contributed by atoms with Crippen molar-refractivity contribution in [3.8, 4) is 11.1 Å². The molecular weight excluding hydrogens is 274 g/mol. The highest BCUT2D eigenvalue weighted by atomic mass is 35.5. The molecule has 18 heavy (non-hydrogen) atoms. The van der Waals surface area contributed by atoms with Gasteiger partial charge in [0.1, 0.15) is 4.70 Å². The zero-order valence-electron chi connectivity index (χ0n) is 8.90. The molecule has 0 unspecified atom stereocenters. The molecule has 2 aromatic heterocycles. The van der Waals surface area contributed by atoms with Crippen LogP contribution in [0, 0.1) is 0 Å². The summed E-state index contributed by atoms with van der Waals surface area (Å²) in [6.07, 6.45) is 0. The van der Waals surface area contributed by atoms with Crippen LogP contribution in [0.15, 0.2) is 43.7 Å². The van der Waals surface area contributed by atoms with Crippen LogP contribution in [0.25, 0.3) is 21.3 Å². The van der Waals surface area contributed by atoms with E-state index in [0.717, 1.165) is 11.1 Å². The molecule has 0 radical (unpaired) electrons. The molecule has 90 valence electrons. The summed E-state index contributed by atoms with van der Waals surface area (Å²) in [6.45, 7) is 0. The lowest BCUT2D eigenvalue weighted by Crippen LogP contribution is -2.13. The first-order valence-electron chi connectivity index (χ1n) is 5.06. The van der Waals surface area contributed by atoms with E-state index in [1.54, 1.807) is 17.5 Å². The van der Waals surface area contributed by atoms with Crippen LogP contribution in [-0.4, -0.2) is 4.98 Å². The molecule has 0 aliphatic carbocycles. The van der Waals surface area contributed by atoms with Gasteiger partial charge in [0.25, 0.3) is 0 Å². The van der Waals surface area contributed by atoms with E-state index < -0.39 is 11.4 Å². The molecule has 2 heterocycles. The SMILES string of the molecule is O=c1[nH]c2c(-c3ccc(Cl)cc3)csc2c(=O)o1. The lowest BCUT2D eigenvalue weighted by molar-refractivity contribution is 0.461. The highest BCUT2D eigenvalue weighted by molar-refractivity contribution is 7.17. The summed E-state index contributed by atoms with van der Waals surface area (Å²) in [5, 5.41) is 2.44. The number of H-pyrrole nitrogens is 1. The van der Waals surface area contributed by atoms with Crippen LogP contribution in [0.1, 0.15) is 0 Å².